The Kier molecular flexibility index (Phi) is 7.91. The highest BCUT2D eigenvalue weighted by molar-refractivity contribution is 7.82. The molecule has 1 saturated heterocycles. The van der Waals surface area contributed by atoms with Crippen LogP contribution in [0, 0.1) is 33.9 Å². The average molecular weight is 459 g/mol. The molecule has 1 aliphatic heterocycles. The monoisotopic (exact) mass is 458 g/mol. The van der Waals surface area contributed by atoms with Gasteiger partial charge in [0.25, 0.3) is 0 Å². The number of benzene rings is 2. The van der Waals surface area contributed by atoms with Crippen LogP contribution in [0.4, 0.5) is 4.39 Å². The molecule has 0 spiro atoms. The van der Waals surface area contributed by atoms with Gasteiger partial charge < -0.3 is 20.3 Å². The number of rotatable bonds is 10. The molecular formula is C22H23FN4O4S. The number of hydrogen-bond donors (Lipinski definition) is 3. The van der Waals surface area contributed by atoms with Crippen molar-refractivity contribution in [1.82, 2.24) is 9.62 Å². The molecule has 2 aromatic rings. The summed E-state index contributed by atoms with van der Waals surface area (Å²) in [7, 11) is -1.53. The quantitative estimate of drug-likeness (QED) is 0.483. The topological polar surface area (TPSA) is 130 Å². The minimum absolute atomic E-state index is 0.0758. The molecule has 3 N–H and O–H groups in total. The van der Waals surface area contributed by atoms with Crippen LogP contribution in [0.5, 0.6) is 5.75 Å². The Balaban J connectivity index is 1.69. The first kappa shape index (κ1) is 23.8. The van der Waals surface area contributed by atoms with Gasteiger partial charge in [0, 0.05) is 37.7 Å². The number of halogens is 1. The van der Waals surface area contributed by atoms with E-state index in [2.05, 4.69) is 5.32 Å². The molecule has 0 aliphatic carbocycles. The zero-order valence-electron chi connectivity index (χ0n) is 17.2. The Bertz CT molecular complexity index is 1060. The van der Waals surface area contributed by atoms with E-state index in [1.807, 2.05) is 6.07 Å². The van der Waals surface area contributed by atoms with Crippen LogP contribution in [0.1, 0.15) is 11.1 Å². The van der Waals surface area contributed by atoms with Crippen LogP contribution in [-0.4, -0.2) is 64.2 Å². The number of nitrogens with zero attached hydrogens (tertiary/aromatic N) is 3. The van der Waals surface area contributed by atoms with E-state index in [-0.39, 0.29) is 31.1 Å². The largest absolute Gasteiger partial charge is 0.493 e. The highest BCUT2D eigenvalue weighted by Crippen LogP contribution is 2.34. The number of hydrogen-bond acceptors (Lipinski definition) is 7. The van der Waals surface area contributed by atoms with Crippen molar-refractivity contribution in [3.8, 4) is 17.9 Å². The number of nitriles is 2. The Morgan fingerprint density at radius 2 is 1.94 bits per heavy atom. The van der Waals surface area contributed by atoms with Crippen molar-refractivity contribution in [1.29, 1.82) is 10.5 Å². The summed E-state index contributed by atoms with van der Waals surface area (Å²) >= 11 is 0. The van der Waals surface area contributed by atoms with Gasteiger partial charge in [0.1, 0.15) is 34.7 Å². The number of aliphatic hydroxyl groups excluding tert-OH is 2. The first-order valence-corrected chi connectivity index (χ1v) is 11.0. The van der Waals surface area contributed by atoms with Crippen molar-refractivity contribution < 1.29 is 23.5 Å². The third-order valence-electron chi connectivity index (χ3n) is 5.15. The summed E-state index contributed by atoms with van der Waals surface area (Å²) in [5, 5.41) is 39.8. The van der Waals surface area contributed by atoms with Gasteiger partial charge in [-0.3, -0.25) is 0 Å². The fourth-order valence-electron chi connectivity index (χ4n) is 3.40. The predicted molar refractivity (Wildman–Crippen MR) is 114 cm³/mol. The Hall–Kier alpha value is -2.86. The number of ether oxygens (including phenoxy) is 1. The maximum Gasteiger partial charge on any atom is 0.144 e. The SMILES string of the molecule is N#Cc1ccc(OCC2(CNCC(O)CO)CN(S(=O)c3ccccc3C#N)C2)cc1F. The average Bonchev–Trinajstić information content (AvgIpc) is 2.79. The van der Waals surface area contributed by atoms with Crippen molar-refractivity contribution >= 4 is 11.0 Å². The van der Waals surface area contributed by atoms with Gasteiger partial charge in [-0.1, -0.05) is 12.1 Å². The van der Waals surface area contributed by atoms with Gasteiger partial charge in [0.2, 0.25) is 0 Å². The van der Waals surface area contributed by atoms with Crippen molar-refractivity contribution in [3.63, 3.8) is 0 Å². The lowest BCUT2D eigenvalue weighted by atomic mass is 9.82. The molecule has 0 saturated carbocycles. The summed E-state index contributed by atoms with van der Waals surface area (Å²) in [5.41, 5.74) is -0.221. The Morgan fingerprint density at radius 3 is 2.59 bits per heavy atom. The van der Waals surface area contributed by atoms with E-state index in [4.69, 9.17) is 15.1 Å². The standard InChI is InChI=1S/C22H23FN4O4S/c23-20-7-19(6-5-16(20)8-24)31-15-22(12-26-10-18(29)11-28)13-27(14-22)32(30)21-4-2-1-3-17(21)9-25/h1-7,18,26,28-29H,10-15H2. The minimum Gasteiger partial charge on any atom is -0.493 e. The Morgan fingerprint density at radius 1 is 1.22 bits per heavy atom. The fraction of sp³-hybridized carbons (Fsp3) is 0.364. The van der Waals surface area contributed by atoms with Crippen molar-refractivity contribution in [2.75, 3.05) is 39.4 Å². The van der Waals surface area contributed by atoms with Gasteiger partial charge in [-0.2, -0.15) is 10.5 Å². The summed E-state index contributed by atoms with van der Waals surface area (Å²) < 4.78 is 34.4. The molecule has 1 fully saturated rings. The molecule has 0 bridgehead atoms. The molecule has 1 heterocycles. The van der Waals surface area contributed by atoms with Crippen LogP contribution in [0.25, 0.3) is 0 Å². The van der Waals surface area contributed by atoms with E-state index in [0.29, 0.717) is 30.1 Å². The minimum atomic E-state index is -1.53. The molecule has 1 aliphatic rings. The summed E-state index contributed by atoms with van der Waals surface area (Å²) in [6.07, 6.45) is -0.909. The lowest BCUT2D eigenvalue weighted by molar-refractivity contribution is 0.0174. The molecule has 0 radical (unpaired) electrons. The van der Waals surface area contributed by atoms with Crippen molar-refractivity contribution in [3.05, 3.63) is 59.4 Å². The van der Waals surface area contributed by atoms with Crippen LogP contribution in [0.3, 0.4) is 0 Å². The molecule has 2 aromatic carbocycles. The van der Waals surface area contributed by atoms with E-state index >= 15 is 0 Å². The normalized spacial score (nSPS) is 16.9. The zero-order chi connectivity index (χ0) is 23.1. The highest BCUT2D eigenvalue weighted by atomic mass is 32.2. The molecule has 3 rings (SSSR count). The second-order valence-electron chi connectivity index (χ2n) is 7.66. The van der Waals surface area contributed by atoms with E-state index in [0.717, 1.165) is 6.07 Å². The molecule has 2 unspecified atom stereocenters. The van der Waals surface area contributed by atoms with Crippen LogP contribution in [0.2, 0.25) is 0 Å². The van der Waals surface area contributed by atoms with E-state index < -0.39 is 28.3 Å². The highest BCUT2D eigenvalue weighted by Gasteiger charge is 2.46. The van der Waals surface area contributed by atoms with E-state index in [1.165, 1.54) is 12.1 Å². The molecule has 10 heteroatoms. The van der Waals surface area contributed by atoms with Crippen LogP contribution < -0.4 is 10.1 Å². The van der Waals surface area contributed by atoms with Crippen molar-refractivity contribution in [2.45, 2.75) is 11.0 Å². The van der Waals surface area contributed by atoms with Gasteiger partial charge in [-0.15, -0.1) is 0 Å². The molecule has 168 valence electrons. The van der Waals surface area contributed by atoms with Gasteiger partial charge >= 0.3 is 0 Å². The summed E-state index contributed by atoms with van der Waals surface area (Å²) in [6, 6.07) is 14.5. The van der Waals surface area contributed by atoms with E-state index in [1.54, 1.807) is 34.6 Å². The second-order valence-corrected chi connectivity index (χ2v) is 9.12. The van der Waals surface area contributed by atoms with Crippen LogP contribution in [0.15, 0.2) is 47.4 Å². The zero-order valence-corrected chi connectivity index (χ0v) is 18.0. The lowest BCUT2D eigenvalue weighted by Gasteiger charge is -2.49. The van der Waals surface area contributed by atoms with Crippen LogP contribution in [-0.2, 0) is 11.0 Å². The number of nitrogens with one attached hydrogen (secondary N) is 1. The van der Waals surface area contributed by atoms with Gasteiger partial charge in [0.15, 0.2) is 0 Å². The summed E-state index contributed by atoms with van der Waals surface area (Å²) in [4.78, 5) is 0.433. The summed E-state index contributed by atoms with van der Waals surface area (Å²) in [5.74, 6) is -0.404. The third-order valence-corrected chi connectivity index (χ3v) is 6.61. The van der Waals surface area contributed by atoms with Crippen LogP contribution >= 0.6 is 0 Å². The fourth-order valence-corrected chi connectivity index (χ4v) is 4.96. The maximum atomic E-state index is 13.9. The van der Waals surface area contributed by atoms with Gasteiger partial charge in [-0.05, 0) is 24.3 Å². The van der Waals surface area contributed by atoms with E-state index in [9.17, 15) is 19.0 Å². The molecule has 2 atom stereocenters. The second kappa shape index (κ2) is 10.6. The maximum absolute atomic E-state index is 13.9. The molecular weight excluding hydrogens is 435 g/mol. The lowest BCUT2D eigenvalue weighted by Crippen LogP contribution is -2.63. The smallest absolute Gasteiger partial charge is 0.144 e. The summed E-state index contributed by atoms with van der Waals surface area (Å²) in [6.45, 7) is 1.12. The van der Waals surface area contributed by atoms with Gasteiger partial charge in [0.05, 0.1) is 35.3 Å². The predicted octanol–water partition coefficient (Wildman–Crippen LogP) is 0.915. The first-order chi connectivity index (χ1) is 15.4. The molecule has 0 amide bonds. The molecule has 32 heavy (non-hydrogen) atoms. The van der Waals surface area contributed by atoms with Gasteiger partial charge in [-0.25, -0.2) is 12.9 Å². The third kappa shape index (κ3) is 5.49. The Labute approximate surface area is 188 Å². The first-order valence-electron chi connectivity index (χ1n) is 9.89. The molecule has 8 nitrogen and oxygen atoms in total. The van der Waals surface area contributed by atoms with Crippen molar-refractivity contribution in [2.24, 2.45) is 5.41 Å². The number of aliphatic hydroxyl groups is 2. The molecule has 0 aromatic heterocycles.